The fourth-order valence-corrected chi connectivity index (χ4v) is 2.23. The Morgan fingerprint density at radius 1 is 1.39 bits per heavy atom. The minimum Gasteiger partial charge on any atom is -0.469 e. The van der Waals surface area contributed by atoms with Crippen molar-refractivity contribution in [1.82, 2.24) is 4.98 Å². The minimum atomic E-state index is -0.374. The quantitative estimate of drug-likeness (QED) is 0.827. The molecular formula is C12H12N2O3S. The van der Waals surface area contributed by atoms with E-state index >= 15 is 0 Å². The molecule has 5 nitrogen and oxygen atoms in total. The van der Waals surface area contributed by atoms with E-state index in [1.54, 1.807) is 0 Å². The number of ether oxygens (including phenoxy) is 1. The van der Waals surface area contributed by atoms with Crippen LogP contribution in [-0.2, 0) is 16.0 Å². The summed E-state index contributed by atoms with van der Waals surface area (Å²) in [6, 6.07) is 9.41. The number of thiazole rings is 1. The van der Waals surface area contributed by atoms with Gasteiger partial charge in [0.1, 0.15) is 5.82 Å². The molecule has 0 saturated heterocycles. The first kappa shape index (κ1) is 12.4. The molecule has 2 aromatic rings. The lowest BCUT2D eigenvalue weighted by Crippen LogP contribution is -2.05. The number of H-pyrrole nitrogens is 1. The fraction of sp³-hybridized carbons (Fsp3) is 0.167. The fourth-order valence-electron chi connectivity index (χ4n) is 1.45. The normalized spacial score (nSPS) is 10.1. The second-order valence-corrected chi connectivity index (χ2v) is 4.62. The summed E-state index contributed by atoms with van der Waals surface area (Å²) in [7, 11) is 1.32. The second-order valence-electron chi connectivity index (χ2n) is 3.56. The summed E-state index contributed by atoms with van der Waals surface area (Å²) in [4.78, 5) is 25.7. The zero-order valence-corrected chi connectivity index (χ0v) is 10.5. The molecule has 1 heterocycles. The van der Waals surface area contributed by atoms with Crippen molar-refractivity contribution in [3.05, 3.63) is 44.9 Å². The molecule has 0 aliphatic heterocycles. The van der Waals surface area contributed by atoms with Crippen LogP contribution in [0.25, 0.3) is 0 Å². The van der Waals surface area contributed by atoms with Crippen molar-refractivity contribution >= 4 is 28.8 Å². The van der Waals surface area contributed by atoms with Crippen molar-refractivity contribution in [3.63, 3.8) is 0 Å². The molecule has 0 fully saturated rings. The Kier molecular flexibility index (Phi) is 3.78. The van der Waals surface area contributed by atoms with Gasteiger partial charge >= 0.3 is 10.8 Å². The largest absolute Gasteiger partial charge is 0.469 e. The first-order valence-electron chi connectivity index (χ1n) is 5.30. The van der Waals surface area contributed by atoms with Crippen LogP contribution in [0.15, 0.2) is 35.1 Å². The van der Waals surface area contributed by atoms with Gasteiger partial charge in [0.2, 0.25) is 0 Å². The second kappa shape index (κ2) is 5.50. The van der Waals surface area contributed by atoms with Crippen molar-refractivity contribution in [3.8, 4) is 0 Å². The summed E-state index contributed by atoms with van der Waals surface area (Å²) in [5.41, 5.74) is 0.845. The van der Waals surface area contributed by atoms with Crippen molar-refractivity contribution in [2.45, 2.75) is 6.42 Å². The molecule has 2 N–H and O–H groups in total. The number of hydrogen-bond donors (Lipinski definition) is 2. The zero-order chi connectivity index (χ0) is 13.0. The van der Waals surface area contributed by atoms with Crippen LogP contribution in [0, 0.1) is 0 Å². The van der Waals surface area contributed by atoms with Crippen LogP contribution in [0.5, 0.6) is 0 Å². The molecule has 0 unspecified atom stereocenters. The third kappa shape index (κ3) is 2.98. The minimum absolute atomic E-state index is 0.0784. The number of aromatic nitrogens is 1. The molecule has 0 saturated carbocycles. The Morgan fingerprint density at radius 3 is 2.78 bits per heavy atom. The van der Waals surface area contributed by atoms with E-state index < -0.39 is 0 Å². The van der Waals surface area contributed by atoms with E-state index in [2.05, 4.69) is 15.0 Å². The predicted octanol–water partition coefficient (Wildman–Crippen LogP) is 1.90. The molecule has 0 atom stereocenters. The van der Waals surface area contributed by atoms with E-state index in [9.17, 15) is 9.59 Å². The summed E-state index contributed by atoms with van der Waals surface area (Å²) in [6.45, 7) is 0. The van der Waals surface area contributed by atoms with Crippen LogP contribution in [-0.4, -0.2) is 18.1 Å². The van der Waals surface area contributed by atoms with E-state index in [0.717, 1.165) is 17.0 Å². The highest BCUT2D eigenvalue weighted by Crippen LogP contribution is 2.20. The lowest BCUT2D eigenvalue weighted by molar-refractivity contribution is -0.139. The van der Waals surface area contributed by atoms with Gasteiger partial charge in [-0.25, -0.2) is 0 Å². The van der Waals surface area contributed by atoms with Crippen molar-refractivity contribution in [2.75, 3.05) is 12.4 Å². The summed E-state index contributed by atoms with van der Waals surface area (Å²) in [6.07, 6.45) is 0.0784. The number of carbonyl (C=O) groups excluding carboxylic acids is 1. The van der Waals surface area contributed by atoms with E-state index in [1.165, 1.54) is 7.11 Å². The molecule has 1 aromatic carbocycles. The first-order chi connectivity index (χ1) is 8.69. The number of para-hydroxylation sites is 1. The van der Waals surface area contributed by atoms with Gasteiger partial charge in [0.15, 0.2) is 0 Å². The van der Waals surface area contributed by atoms with Gasteiger partial charge in [0.25, 0.3) is 0 Å². The Bertz CT molecular complexity index is 589. The molecule has 2 rings (SSSR count). The SMILES string of the molecule is COC(=O)Cc1sc(=O)[nH]c1Nc1ccccc1. The van der Waals surface area contributed by atoms with Crippen LogP contribution < -0.4 is 10.2 Å². The van der Waals surface area contributed by atoms with E-state index in [1.807, 2.05) is 30.3 Å². The summed E-state index contributed by atoms with van der Waals surface area (Å²) >= 11 is 1.00. The number of carbonyl (C=O) groups is 1. The summed E-state index contributed by atoms with van der Waals surface area (Å²) in [5.74, 6) is 0.169. The molecule has 18 heavy (non-hydrogen) atoms. The number of benzene rings is 1. The molecule has 0 aliphatic rings. The lowest BCUT2D eigenvalue weighted by atomic mass is 10.3. The van der Waals surface area contributed by atoms with Crippen LogP contribution in [0.4, 0.5) is 11.5 Å². The van der Waals surface area contributed by atoms with Gasteiger partial charge in [0.05, 0.1) is 18.4 Å². The highest BCUT2D eigenvalue weighted by Gasteiger charge is 2.12. The molecule has 0 amide bonds. The van der Waals surface area contributed by atoms with Gasteiger partial charge in [0, 0.05) is 5.69 Å². The highest BCUT2D eigenvalue weighted by atomic mass is 32.1. The number of hydrogen-bond acceptors (Lipinski definition) is 5. The zero-order valence-electron chi connectivity index (χ0n) is 9.73. The molecule has 0 radical (unpaired) electrons. The summed E-state index contributed by atoms with van der Waals surface area (Å²) < 4.78 is 4.59. The topological polar surface area (TPSA) is 71.2 Å². The molecule has 6 heteroatoms. The van der Waals surface area contributed by atoms with Crippen LogP contribution in [0.1, 0.15) is 4.88 Å². The average molecular weight is 264 g/mol. The molecule has 94 valence electrons. The number of methoxy groups -OCH3 is 1. The summed E-state index contributed by atoms with van der Waals surface area (Å²) in [5, 5.41) is 3.07. The Labute approximate surface area is 107 Å². The van der Waals surface area contributed by atoms with E-state index in [0.29, 0.717) is 10.7 Å². The maximum Gasteiger partial charge on any atom is 0.310 e. The number of aromatic amines is 1. The van der Waals surface area contributed by atoms with Gasteiger partial charge in [-0.05, 0) is 12.1 Å². The standard InChI is InChI=1S/C12H12N2O3S/c1-17-10(15)7-9-11(14-12(16)18-9)13-8-5-3-2-4-6-8/h2-6,13H,7H2,1H3,(H,14,16). The molecule has 0 bridgehead atoms. The number of nitrogens with one attached hydrogen (secondary N) is 2. The molecule has 1 aromatic heterocycles. The maximum absolute atomic E-state index is 11.3. The van der Waals surface area contributed by atoms with Gasteiger partial charge < -0.3 is 10.1 Å². The average Bonchev–Trinajstić information content (AvgIpc) is 2.70. The number of rotatable bonds is 4. The van der Waals surface area contributed by atoms with Gasteiger partial charge in [-0.1, -0.05) is 29.5 Å². The highest BCUT2D eigenvalue weighted by molar-refractivity contribution is 7.09. The van der Waals surface area contributed by atoms with E-state index in [4.69, 9.17) is 0 Å². The van der Waals surface area contributed by atoms with Crippen LogP contribution in [0.3, 0.4) is 0 Å². The number of anilines is 2. The Morgan fingerprint density at radius 2 is 2.11 bits per heavy atom. The Hall–Kier alpha value is -2.08. The van der Waals surface area contributed by atoms with Crippen molar-refractivity contribution < 1.29 is 9.53 Å². The van der Waals surface area contributed by atoms with Gasteiger partial charge in [-0.2, -0.15) is 0 Å². The third-order valence-electron chi connectivity index (χ3n) is 2.30. The first-order valence-corrected chi connectivity index (χ1v) is 6.11. The van der Waals surface area contributed by atoms with Gasteiger partial charge in [-0.15, -0.1) is 0 Å². The van der Waals surface area contributed by atoms with E-state index in [-0.39, 0.29) is 17.3 Å². The molecule has 0 spiro atoms. The molecular weight excluding hydrogens is 252 g/mol. The Balaban J connectivity index is 2.22. The van der Waals surface area contributed by atoms with Crippen LogP contribution in [0.2, 0.25) is 0 Å². The maximum atomic E-state index is 11.3. The monoisotopic (exact) mass is 264 g/mol. The predicted molar refractivity (Wildman–Crippen MR) is 70.4 cm³/mol. The number of esters is 1. The molecule has 0 aliphatic carbocycles. The lowest BCUT2D eigenvalue weighted by Gasteiger charge is -2.05. The smallest absolute Gasteiger partial charge is 0.310 e. The van der Waals surface area contributed by atoms with Crippen molar-refractivity contribution in [1.29, 1.82) is 0 Å². The van der Waals surface area contributed by atoms with Crippen molar-refractivity contribution in [2.24, 2.45) is 0 Å². The van der Waals surface area contributed by atoms with Crippen LogP contribution >= 0.6 is 11.3 Å². The van der Waals surface area contributed by atoms with Gasteiger partial charge in [-0.3, -0.25) is 14.6 Å². The third-order valence-corrected chi connectivity index (χ3v) is 3.18.